The maximum Gasteiger partial charge on any atom is 0.173 e. The molecule has 0 saturated heterocycles. The number of nitrogens with zero attached hydrogens (tertiary/aromatic N) is 1. The third-order valence-electron chi connectivity index (χ3n) is 2.16. The molecular formula is C11H14Cl2N2S. The standard InChI is InChI=1S/C11H14Cl2N2S/c1-3-15(4-2)11(16)14-10-6-8(12)5-9(13)7-10/h5-7H,3-4H2,1-2H3,(H,14,16). The number of hydrogen-bond donors (Lipinski definition) is 1. The van der Waals surface area contributed by atoms with Crippen LogP contribution in [-0.4, -0.2) is 23.1 Å². The Balaban J connectivity index is 2.76. The molecule has 1 N–H and O–H groups in total. The van der Waals surface area contributed by atoms with Crippen molar-refractivity contribution in [3.63, 3.8) is 0 Å². The summed E-state index contributed by atoms with van der Waals surface area (Å²) in [5.41, 5.74) is 0.814. The van der Waals surface area contributed by atoms with Gasteiger partial charge in [-0.1, -0.05) is 23.2 Å². The van der Waals surface area contributed by atoms with Crippen molar-refractivity contribution in [3.8, 4) is 0 Å². The van der Waals surface area contributed by atoms with Gasteiger partial charge in [-0.2, -0.15) is 0 Å². The fourth-order valence-corrected chi connectivity index (χ4v) is 2.24. The van der Waals surface area contributed by atoms with Crippen LogP contribution in [0, 0.1) is 0 Å². The molecular weight excluding hydrogens is 263 g/mol. The van der Waals surface area contributed by atoms with E-state index in [2.05, 4.69) is 19.2 Å². The maximum absolute atomic E-state index is 5.90. The number of benzene rings is 1. The molecule has 0 atom stereocenters. The third-order valence-corrected chi connectivity index (χ3v) is 2.96. The lowest BCUT2D eigenvalue weighted by atomic mass is 10.3. The molecule has 0 aromatic heterocycles. The van der Waals surface area contributed by atoms with Crippen LogP contribution in [0.2, 0.25) is 10.0 Å². The Bertz CT molecular complexity index is 358. The van der Waals surface area contributed by atoms with Gasteiger partial charge in [0.1, 0.15) is 0 Å². The second-order valence-corrected chi connectivity index (χ2v) is 4.52. The largest absolute Gasteiger partial charge is 0.350 e. The zero-order valence-electron chi connectivity index (χ0n) is 9.26. The molecule has 16 heavy (non-hydrogen) atoms. The average molecular weight is 277 g/mol. The Hall–Kier alpha value is -0.510. The Morgan fingerprint density at radius 3 is 2.12 bits per heavy atom. The van der Waals surface area contributed by atoms with Crippen LogP contribution < -0.4 is 5.32 Å². The molecule has 0 bridgehead atoms. The lowest BCUT2D eigenvalue weighted by molar-refractivity contribution is 0.473. The van der Waals surface area contributed by atoms with Crippen molar-refractivity contribution in [2.45, 2.75) is 13.8 Å². The topological polar surface area (TPSA) is 15.3 Å². The average Bonchev–Trinajstić information content (AvgIpc) is 2.17. The number of nitrogens with one attached hydrogen (secondary N) is 1. The monoisotopic (exact) mass is 276 g/mol. The van der Waals surface area contributed by atoms with Crippen LogP contribution in [0.1, 0.15) is 13.8 Å². The van der Waals surface area contributed by atoms with Crippen LogP contribution in [0.5, 0.6) is 0 Å². The molecule has 1 rings (SSSR count). The van der Waals surface area contributed by atoms with Crippen LogP contribution in [0.3, 0.4) is 0 Å². The van der Waals surface area contributed by atoms with Crippen molar-refractivity contribution in [3.05, 3.63) is 28.2 Å². The summed E-state index contributed by atoms with van der Waals surface area (Å²) in [6.45, 7) is 5.86. The van der Waals surface area contributed by atoms with Gasteiger partial charge in [-0.3, -0.25) is 0 Å². The van der Waals surface area contributed by atoms with E-state index in [1.54, 1.807) is 18.2 Å². The highest BCUT2D eigenvalue weighted by Crippen LogP contribution is 2.22. The lowest BCUT2D eigenvalue weighted by Gasteiger charge is -2.22. The molecule has 0 aliphatic carbocycles. The number of rotatable bonds is 3. The fourth-order valence-electron chi connectivity index (χ4n) is 1.34. The molecule has 88 valence electrons. The van der Waals surface area contributed by atoms with Gasteiger partial charge in [0, 0.05) is 28.8 Å². The zero-order chi connectivity index (χ0) is 12.1. The van der Waals surface area contributed by atoms with Gasteiger partial charge < -0.3 is 10.2 Å². The van der Waals surface area contributed by atoms with Crippen molar-refractivity contribution >= 4 is 46.2 Å². The molecule has 0 heterocycles. The van der Waals surface area contributed by atoms with E-state index in [1.807, 2.05) is 4.90 Å². The maximum atomic E-state index is 5.90. The van der Waals surface area contributed by atoms with E-state index in [0.717, 1.165) is 18.8 Å². The van der Waals surface area contributed by atoms with Gasteiger partial charge in [0.25, 0.3) is 0 Å². The first-order valence-corrected chi connectivity index (χ1v) is 6.25. The molecule has 0 aliphatic heterocycles. The summed E-state index contributed by atoms with van der Waals surface area (Å²) in [5, 5.41) is 4.99. The van der Waals surface area contributed by atoms with Crippen molar-refractivity contribution in [2.24, 2.45) is 0 Å². The molecule has 0 aliphatic rings. The zero-order valence-corrected chi connectivity index (χ0v) is 11.6. The minimum atomic E-state index is 0.595. The molecule has 0 unspecified atom stereocenters. The Labute approximate surface area is 112 Å². The summed E-state index contributed by atoms with van der Waals surface area (Å²) in [5.74, 6) is 0. The second-order valence-electron chi connectivity index (χ2n) is 3.26. The molecule has 0 amide bonds. The molecule has 5 heteroatoms. The summed E-state index contributed by atoms with van der Waals surface area (Å²) < 4.78 is 0. The van der Waals surface area contributed by atoms with Crippen molar-refractivity contribution in [1.82, 2.24) is 4.90 Å². The predicted octanol–water partition coefficient (Wildman–Crippen LogP) is 4.03. The van der Waals surface area contributed by atoms with E-state index in [-0.39, 0.29) is 0 Å². The Morgan fingerprint density at radius 1 is 1.19 bits per heavy atom. The molecule has 0 spiro atoms. The van der Waals surface area contributed by atoms with Crippen LogP contribution >= 0.6 is 35.4 Å². The van der Waals surface area contributed by atoms with Crippen LogP contribution in [0.15, 0.2) is 18.2 Å². The molecule has 1 aromatic carbocycles. The third kappa shape index (κ3) is 3.81. The lowest BCUT2D eigenvalue weighted by Crippen LogP contribution is -2.34. The van der Waals surface area contributed by atoms with E-state index in [0.29, 0.717) is 15.2 Å². The number of halogens is 2. The van der Waals surface area contributed by atoms with E-state index >= 15 is 0 Å². The molecule has 0 saturated carbocycles. The van der Waals surface area contributed by atoms with Crippen molar-refractivity contribution in [2.75, 3.05) is 18.4 Å². The molecule has 2 nitrogen and oxygen atoms in total. The van der Waals surface area contributed by atoms with Gasteiger partial charge in [-0.05, 0) is 44.3 Å². The van der Waals surface area contributed by atoms with Gasteiger partial charge in [-0.15, -0.1) is 0 Å². The SMILES string of the molecule is CCN(CC)C(=S)Nc1cc(Cl)cc(Cl)c1. The predicted molar refractivity (Wildman–Crippen MR) is 75.6 cm³/mol. The van der Waals surface area contributed by atoms with Gasteiger partial charge in [0.05, 0.1) is 0 Å². The minimum absolute atomic E-state index is 0.595. The first-order chi connectivity index (χ1) is 7.56. The summed E-state index contributed by atoms with van der Waals surface area (Å²) in [6, 6.07) is 5.28. The fraction of sp³-hybridized carbons (Fsp3) is 0.364. The Kier molecular flexibility index (Phi) is 5.32. The first kappa shape index (κ1) is 13.6. The second kappa shape index (κ2) is 6.28. The van der Waals surface area contributed by atoms with E-state index in [9.17, 15) is 0 Å². The van der Waals surface area contributed by atoms with E-state index in [4.69, 9.17) is 35.4 Å². The first-order valence-electron chi connectivity index (χ1n) is 5.08. The van der Waals surface area contributed by atoms with Gasteiger partial charge in [0.15, 0.2) is 5.11 Å². The van der Waals surface area contributed by atoms with Gasteiger partial charge in [0.2, 0.25) is 0 Å². The van der Waals surface area contributed by atoms with Crippen LogP contribution in [-0.2, 0) is 0 Å². The summed E-state index contributed by atoms with van der Waals surface area (Å²) in [6.07, 6.45) is 0. The normalized spacial score (nSPS) is 10.0. The van der Waals surface area contributed by atoms with Crippen LogP contribution in [0.25, 0.3) is 0 Å². The summed E-state index contributed by atoms with van der Waals surface area (Å²) >= 11 is 17.1. The number of anilines is 1. The smallest absolute Gasteiger partial charge is 0.173 e. The van der Waals surface area contributed by atoms with E-state index in [1.165, 1.54) is 0 Å². The van der Waals surface area contributed by atoms with Crippen molar-refractivity contribution in [1.29, 1.82) is 0 Å². The molecule has 0 radical (unpaired) electrons. The minimum Gasteiger partial charge on any atom is -0.350 e. The highest BCUT2D eigenvalue weighted by atomic mass is 35.5. The highest BCUT2D eigenvalue weighted by molar-refractivity contribution is 7.80. The summed E-state index contributed by atoms with van der Waals surface area (Å²) in [4.78, 5) is 2.05. The Morgan fingerprint density at radius 2 is 1.69 bits per heavy atom. The number of thiocarbonyl (C=S) groups is 1. The summed E-state index contributed by atoms with van der Waals surface area (Å²) in [7, 11) is 0. The van der Waals surface area contributed by atoms with Crippen LogP contribution in [0.4, 0.5) is 5.69 Å². The van der Waals surface area contributed by atoms with Crippen molar-refractivity contribution < 1.29 is 0 Å². The molecule has 0 fully saturated rings. The molecule has 1 aromatic rings. The van der Waals surface area contributed by atoms with Gasteiger partial charge in [-0.25, -0.2) is 0 Å². The van der Waals surface area contributed by atoms with Gasteiger partial charge >= 0.3 is 0 Å². The quantitative estimate of drug-likeness (QED) is 0.840. The van der Waals surface area contributed by atoms with E-state index < -0.39 is 0 Å². The number of hydrogen-bond acceptors (Lipinski definition) is 1. The highest BCUT2D eigenvalue weighted by Gasteiger charge is 2.06.